The van der Waals surface area contributed by atoms with E-state index in [0.717, 1.165) is 24.1 Å². The molecule has 1 aliphatic rings. The maximum atomic E-state index is 12.0. The van der Waals surface area contributed by atoms with Gasteiger partial charge in [-0.3, -0.25) is 4.79 Å². The molecule has 2 aromatic carbocycles. The number of urea groups is 1. The minimum Gasteiger partial charge on any atom is -0.338 e. The van der Waals surface area contributed by atoms with Crippen molar-refractivity contribution in [1.29, 1.82) is 0 Å². The van der Waals surface area contributed by atoms with Crippen LogP contribution in [0.5, 0.6) is 0 Å². The van der Waals surface area contributed by atoms with Crippen LogP contribution in [0.2, 0.25) is 5.02 Å². The second kappa shape index (κ2) is 8.03. The lowest BCUT2D eigenvalue weighted by molar-refractivity contribution is -0.128. The summed E-state index contributed by atoms with van der Waals surface area (Å²) in [7, 11) is 0. The Morgan fingerprint density at radius 3 is 2.36 bits per heavy atom. The maximum Gasteiger partial charge on any atom is 0.319 e. The Kier molecular flexibility index (Phi) is 5.56. The molecule has 0 aromatic heterocycles. The third-order valence-corrected chi connectivity index (χ3v) is 4.37. The molecule has 0 atom stereocenters. The standard InChI is InChI=1S/C19H20ClN3O2/c20-16-7-3-14(4-8-16)12-21-19(25)22-17-9-5-15(6-10-17)13-23-11-1-2-18(23)24/h3-10H,1-2,11-13H2,(H2,21,22,25). The van der Waals surface area contributed by atoms with Gasteiger partial charge >= 0.3 is 6.03 Å². The predicted molar refractivity (Wildman–Crippen MR) is 98.4 cm³/mol. The van der Waals surface area contributed by atoms with Gasteiger partial charge in [-0.05, 0) is 41.8 Å². The van der Waals surface area contributed by atoms with E-state index in [-0.39, 0.29) is 11.9 Å². The summed E-state index contributed by atoms with van der Waals surface area (Å²) < 4.78 is 0. The van der Waals surface area contributed by atoms with Crippen LogP contribution < -0.4 is 10.6 Å². The lowest BCUT2D eigenvalue weighted by atomic mass is 10.2. The first-order chi connectivity index (χ1) is 12.1. The maximum absolute atomic E-state index is 12.0. The van der Waals surface area contributed by atoms with E-state index in [4.69, 9.17) is 11.6 Å². The van der Waals surface area contributed by atoms with E-state index in [2.05, 4.69) is 10.6 Å². The lowest BCUT2D eigenvalue weighted by Crippen LogP contribution is -2.28. The van der Waals surface area contributed by atoms with Gasteiger partial charge in [-0.1, -0.05) is 35.9 Å². The van der Waals surface area contributed by atoms with Gasteiger partial charge in [0.25, 0.3) is 0 Å². The molecule has 1 saturated heterocycles. The quantitative estimate of drug-likeness (QED) is 0.855. The van der Waals surface area contributed by atoms with Crippen LogP contribution in [-0.4, -0.2) is 23.4 Å². The Morgan fingerprint density at radius 2 is 1.72 bits per heavy atom. The number of benzene rings is 2. The molecule has 1 heterocycles. The van der Waals surface area contributed by atoms with E-state index >= 15 is 0 Å². The summed E-state index contributed by atoms with van der Waals surface area (Å²) in [6.45, 7) is 1.88. The summed E-state index contributed by atoms with van der Waals surface area (Å²) in [5, 5.41) is 6.27. The molecule has 3 rings (SSSR count). The van der Waals surface area contributed by atoms with Crippen molar-refractivity contribution in [2.75, 3.05) is 11.9 Å². The first kappa shape index (κ1) is 17.3. The van der Waals surface area contributed by atoms with Crippen molar-refractivity contribution < 1.29 is 9.59 Å². The molecule has 2 aromatic rings. The van der Waals surface area contributed by atoms with E-state index in [1.165, 1.54) is 0 Å². The molecule has 5 nitrogen and oxygen atoms in total. The van der Waals surface area contributed by atoms with Gasteiger partial charge in [0.15, 0.2) is 0 Å². The van der Waals surface area contributed by atoms with Crippen molar-refractivity contribution in [2.24, 2.45) is 0 Å². The zero-order chi connectivity index (χ0) is 17.6. The highest BCUT2D eigenvalue weighted by molar-refractivity contribution is 6.30. The largest absolute Gasteiger partial charge is 0.338 e. The Morgan fingerprint density at radius 1 is 1.04 bits per heavy atom. The summed E-state index contributed by atoms with van der Waals surface area (Å²) >= 11 is 5.83. The van der Waals surface area contributed by atoms with Crippen molar-refractivity contribution in [3.05, 3.63) is 64.7 Å². The molecule has 1 aliphatic heterocycles. The molecule has 0 radical (unpaired) electrons. The number of nitrogens with one attached hydrogen (secondary N) is 2. The number of likely N-dealkylation sites (tertiary alicyclic amines) is 1. The first-order valence-electron chi connectivity index (χ1n) is 8.26. The van der Waals surface area contributed by atoms with Crippen LogP contribution in [0.3, 0.4) is 0 Å². The van der Waals surface area contributed by atoms with Gasteiger partial charge in [0.05, 0.1) is 0 Å². The van der Waals surface area contributed by atoms with E-state index < -0.39 is 0 Å². The topological polar surface area (TPSA) is 61.4 Å². The second-order valence-corrected chi connectivity index (χ2v) is 6.49. The summed E-state index contributed by atoms with van der Waals surface area (Å²) in [5.41, 5.74) is 2.75. The lowest BCUT2D eigenvalue weighted by Gasteiger charge is -2.15. The first-order valence-corrected chi connectivity index (χ1v) is 8.64. The fourth-order valence-electron chi connectivity index (χ4n) is 2.74. The minimum atomic E-state index is -0.266. The van der Waals surface area contributed by atoms with Crippen LogP contribution in [0, 0.1) is 0 Å². The summed E-state index contributed by atoms with van der Waals surface area (Å²) in [6.07, 6.45) is 1.58. The highest BCUT2D eigenvalue weighted by atomic mass is 35.5. The van der Waals surface area contributed by atoms with Gasteiger partial charge in [-0.15, -0.1) is 0 Å². The molecule has 0 unspecified atom stereocenters. The Hall–Kier alpha value is -2.53. The average Bonchev–Trinajstić information content (AvgIpc) is 3.01. The van der Waals surface area contributed by atoms with Crippen LogP contribution in [-0.2, 0) is 17.9 Å². The SMILES string of the molecule is O=C(NCc1ccc(Cl)cc1)Nc1ccc(CN2CCCC2=O)cc1. The van der Waals surface area contributed by atoms with Gasteiger partial charge < -0.3 is 15.5 Å². The van der Waals surface area contributed by atoms with Crippen molar-refractivity contribution >= 4 is 29.2 Å². The van der Waals surface area contributed by atoms with Crippen molar-refractivity contribution in [2.45, 2.75) is 25.9 Å². The van der Waals surface area contributed by atoms with Crippen LogP contribution in [0.15, 0.2) is 48.5 Å². The Balaban J connectivity index is 1.48. The van der Waals surface area contributed by atoms with Crippen LogP contribution in [0.25, 0.3) is 0 Å². The highest BCUT2D eigenvalue weighted by Gasteiger charge is 2.19. The van der Waals surface area contributed by atoms with Gasteiger partial charge in [-0.2, -0.15) is 0 Å². The molecule has 1 fully saturated rings. The van der Waals surface area contributed by atoms with Crippen molar-refractivity contribution in [3.8, 4) is 0 Å². The van der Waals surface area contributed by atoms with E-state index in [1.807, 2.05) is 41.3 Å². The zero-order valence-electron chi connectivity index (χ0n) is 13.8. The number of rotatable bonds is 5. The minimum absolute atomic E-state index is 0.212. The molecule has 25 heavy (non-hydrogen) atoms. The monoisotopic (exact) mass is 357 g/mol. The number of halogens is 1. The molecule has 0 aliphatic carbocycles. The number of carbonyl (C=O) groups is 2. The number of amides is 3. The van der Waals surface area contributed by atoms with Gasteiger partial charge in [-0.25, -0.2) is 4.79 Å². The Labute approximate surface area is 152 Å². The summed E-state index contributed by atoms with van der Waals surface area (Å²) in [4.78, 5) is 25.5. The van der Waals surface area contributed by atoms with Gasteiger partial charge in [0, 0.05) is 36.8 Å². The Bertz CT molecular complexity index is 744. The van der Waals surface area contributed by atoms with E-state index in [1.54, 1.807) is 12.1 Å². The highest BCUT2D eigenvalue weighted by Crippen LogP contribution is 2.16. The van der Waals surface area contributed by atoms with Crippen LogP contribution in [0.1, 0.15) is 24.0 Å². The second-order valence-electron chi connectivity index (χ2n) is 6.05. The molecular weight excluding hydrogens is 338 g/mol. The van der Waals surface area contributed by atoms with Crippen molar-refractivity contribution in [3.63, 3.8) is 0 Å². The predicted octanol–water partition coefficient (Wildman–Crippen LogP) is 3.78. The van der Waals surface area contributed by atoms with E-state index in [0.29, 0.717) is 30.2 Å². The smallest absolute Gasteiger partial charge is 0.319 e. The fourth-order valence-corrected chi connectivity index (χ4v) is 2.87. The normalized spacial score (nSPS) is 13.8. The third-order valence-electron chi connectivity index (χ3n) is 4.12. The molecule has 130 valence electrons. The molecule has 0 spiro atoms. The van der Waals surface area contributed by atoms with Crippen LogP contribution >= 0.6 is 11.6 Å². The molecule has 2 N–H and O–H groups in total. The molecule has 3 amide bonds. The van der Waals surface area contributed by atoms with E-state index in [9.17, 15) is 9.59 Å². The van der Waals surface area contributed by atoms with Crippen LogP contribution in [0.4, 0.5) is 10.5 Å². The average molecular weight is 358 g/mol. The molecule has 0 bridgehead atoms. The number of carbonyl (C=O) groups excluding carboxylic acids is 2. The van der Waals surface area contributed by atoms with Crippen molar-refractivity contribution in [1.82, 2.24) is 10.2 Å². The molecular formula is C19H20ClN3O2. The zero-order valence-corrected chi connectivity index (χ0v) is 14.6. The van der Waals surface area contributed by atoms with Gasteiger partial charge in [0.2, 0.25) is 5.91 Å². The third kappa shape index (κ3) is 4.97. The summed E-state index contributed by atoms with van der Waals surface area (Å²) in [5.74, 6) is 0.212. The molecule has 6 heteroatoms. The molecule has 0 saturated carbocycles. The van der Waals surface area contributed by atoms with Gasteiger partial charge in [0.1, 0.15) is 0 Å². The number of nitrogens with zero attached hydrogens (tertiary/aromatic N) is 1. The fraction of sp³-hybridized carbons (Fsp3) is 0.263. The number of hydrogen-bond acceptors (Lipinski definition) is 2. The number of anilines is 1. The number of hydrogen-bond donors (Lipinski definition) is 2. The summed E-state index contributed by atoms with van der Waals surface area (Å²) in [6, 6.07) is 14.6.